The minimum absolute atomic E-state index is 0.117. The molecule has 0 aliphatic carbocycles. The average Bonchev–Trinajstić information content (AvgIpc) is 3.10. The molecule has 108 valence electrons. The van der Waals surface area contributed by atoms with Crippen LogP contribution < -0.4 is 0 Å². The van der Waals surface area contributed by atoms with E-state index in [2.05, 4.69) is 10.2 Å². The number of nitrogens with zero attached hydrogens (tertiary/aromatic N) is 4. The van der Waals surface area contributed by atoms with E-state index in [0.717, 1.165) is 18.7 Å². The van der Waals surface area contributed by atoms with E-state index in [4.69, 9.17) is 0 Å². The molecule has 1 aliphatic rings. The van der Waals surface area contributed by atoms with Gasteiger partial charge in [-0.3, -0.25) is 0 Å². The van der Waals surface area contributed by atoms with E-state index in [1.807, 2.05) is 11.6 Å². The topological polar surface area (TPSA) is 68.1 Å². The van der Waals surface area contributed by atoms with Gasteiger partial charge in [0.25, 0.3) is 10.0 Å². The molecule has 3 heterocycles. The smallest absolute Gasteiger partial charge is 0.252 e. The maximum Gasteiger partial charge on any atom is 0.252 e. The Hall–Kier alpha value is -1.25. The fourth-order valence-electron chi connectivity index (χ4n) is 2.57. The first-order valence-electron chi connectivity index (χ1n) is 6.46. The number of aryl methyl sites for hydroxylation is 1. The van der Waals surface area contributed by atoms with Gasteiger partial charge < -0.3 is 4.57 Å². The zero-order chi connectivity index (χ0) is 14.2. The zero-order valence-electron chi connectivity index (χ0n) is 11.1. The zero-order valence-corrected chi connectivity index (χ0v) is 12.8. The molecule has 0 unspecified atom stereocenters. The highest BCUT2D eigenvalue weighted by Crippen LogP contribution is 2.30. The second-order valence-electron chi connectivity index (χ2n) is 4.93. The van der Waals surface area contributed by atoms with Gasteiger partial charge in [0.05, 0.1) is 0 Å². The molecule has 0 radical (unpaired) electrons. The molecule has 8 heteroatoms. The predicted octanol–water partition coefficient (Wildman–Crippen LogP) is 1.44. The Bertz CT molecular complexity index is 678. The van der Waals surface area contributed by atoms with Crippen molar-refractivity contribution in [1.29, 1.82) is 0 Å². The van der Waals surface area contributed by atoms with Crippen LogP contribution in [0.5, 0.6) is 0 Å². The van der Waals surface area contributed by atoms with Crippen molar-refractivity contribution in [3.05, 3.63) is 29.7 Å². The number of rotatable bonds is 3. The van der Waals surface area contributed by atoms with E-state index in [0.29, 0.717) is 17.3 Å². The van der Waals surface area contributed by atoms with Crippen LogP contribution in [-0.2, 0) is 17.1 Å². The summed E-state index contributed by atoms with van der Waals surface area (Å²) in [6.45, 7) is 1.06. The molecule has 0 saturated carbocycles. The van der Waals surface area contributed by atoms with Crippen LogP contribution in [0.25, 0.3) is 0 Å². The second-order valence-corrected chi connectivity index (χ2v) is 8.05. The molecule has 1 fully saturated rings. The highest BCUT2D eigenvalue weighted by molar-refractivity contribution is 7.91. The molecule has 2 aromatic rings. The molecule has 1 atom stereocenters. The van der Waals surface area contributed by atoms with Crippen molar-refractivity contribution in [2.45, 2.75) is 23.0 Å². The molecule has 0 N–H and O–H groups in total. The Kier molecular flexibility index (Phi) is 3.61. The van der Waals surface area contributed by atoms with Gasteiger partial charge >= 0.3 is 0 Å². The van der Waals surface area contributed by atoms with Gasteiger partial charge in [-0.25, -0.2) is 8.42 Å². The standard InChI is InChI=1S/C12H16N4O2S2/c1-15-9-13-14-12(15)10-4-2-6-16(8-10)20(17,18)11-5-3-7-19-11/h3,5,7,9-10H,2,4,6,8H2,1H3/t10-/m1/s1. The summed E-state index contributed by atoms with van der Waals surface area (Å²) in [6.07, 6.45) is 3.45. The summed E-state index contributed by atoms with van der Waals surface area (Å²) in [7, 11) is -1.47. The number of thiophene rings is 1. The van der Waals surface area contributed by atoms with Gasteiger partial charge in [0.15, 0.2) is 0 Å². The lowest BCUT2D eigenvalue weighted by molar-refractivity contribution is 0.306. The van der Waals surface area contributed by atoms with Gasteiger partial charge in [0.2, 0.25) is 0 Å². The van der Waals surface area contributed by atoms with E-state index in [1.54, 1.807) is 28.1 Å². The van der Waals surface area contributed by atoms with Crippen LogP contribution in [0.15, 0.2) is 28.0 Å². The largest absolute Gasteiger partial charge is 0.320 e. The Morgan fingerprint density at radius 1 is 1.45 bits per heavy atom. The summed E-state index contributed by atoms with van der Waals surface area (Å²) in [4.78, 5) is 0. The molecule has 6 nitrogen and oxygen atoms in total. The summed E-state index contributed by atoms with van der Waals surface area (Å²) in [5.74, 6) is 0.974. The fraction of sp³-hybridized carbons (Fsp3) is 0.500. The summed E-state index contributed by atoms with van der Waals surface area (Å²) in [5, 5.41) is 9.78. The van der Waals surface area contributed by atoms with Crippen molar-refractivity contribution < 1.29 is 8.42 Å². The SMILES string of the molecule is Cn1cnnc1[C@@H]1CCCN(S(=O)(=O)c2cccs2)C1. The highest BCUT2D eigenvalue weighted by Gasteiger charge is 2.32. The van der Waals surface area contributed by atoms with Crippen molar-refractivity contribution in [3.63, 3.8) is 0 Å². The molecule has 0 bridgehead atoms. The number of sulfonamides is 1. The Morgan fingerprint density at radius 2 is 2.30 bits per heavy atom. The number of hydrogen-bond acceptors (Lipinski definition) is 5. The van der Waals surface area contributed by atoms with E-state index in [-0.39, 0.29) is 5.92 Å². The van der Waals surface area contributed by atoms with Gasteiger partial charge in [-0.15, -0.1) is 21.5 Å². The molecule has 3 rings (SSSR count). The van der Waals surface area contributed by atoms with Crippen LogP contribution in [0.4, 0.5) is 0 Å². The maximum absolute atomic E-state index is 12.5. The molecule has 1 aliphatic heterocycles. The molecule has 0 spiro atoms. The normalized spacial score (nSPS) is 21.1. The number of hydrogen-bond donors (Lipinski definition) is 0. The molecular weight excluding hydrogens is 296 g/mol. The first-order chi connectivity index (χ1) is 9.59. The van der Waals surface area contributed by atoms with Crippen molar-refractivity contribution in [2.75, 3.05) is 13.1 Å². The van der Waals surface area contributed by atoms with E-state index in [1.165, 1.54) is 11.3 Å². The van der Waals surface area contributed by atoms with Crippen molar-refractivity contribution in [2.24, 2.45) is 7.05 Å². The van der Waals surface area contributed by atoms with Gasteiger partial charge in [-0.05, 0) is 24.3 Å². The Balaban J connectivity index is 1.84. The predicted molar refractivity (Wildman–Crippen MR) is 76.1 cm³/mol. The highest BCUT2D eigenvalue weighted by atomic mass is 32.2. The summed E-state index contributed by atoms with van der Waals surface area (Å²) >= 11 is 1.26. The second kappa shape index (κ2) is 5.27. The summed E-state index contributed by atoms with van der Waals surface area (Å²) < 4.78 is 28.9. The third-order valence-electron chi connectivity index (χ3n) is 3.58. The third kappa shape index (κ3) is 2.38. The van der Waals surface area contributed by atoms with Gasteiger partial charge in [-0.2, -0.15) is 4.31 Å². The van der Waals surface area contributed by atoms with E-state index in [9.17, 15) is 8.42 Å². The first kappa shape index (κ1) is 13.7. The molecule has 0 amide bonds. The first-order valence-corrected chi connectivity index (χ1v) is 8.78. The van der Waals surface area contributed by atoms with Crippen LogP contribution in [-0.4, -0.2) is 40.6 Å². The van der Waals surface area contributed by atoms with Crippen molar-refractivity contribution >= 4 is 21.4 Å². The van der Waals surface area contributed by atoms with Crippen LogP contribution in [0, 0.1) is 0 Å². The van der Waals surface area contributed by atoms with Gasteiger partial charge in [0, 0.05) is 26.1 Å². The van der Waals surface area contributed by atoms with Gasteiger partial charge in [0.1, 0.15) is 16.4 Å². The van der Waals surface area contributed by atoms with Crippen LogP contribution in [0.3, 0.4) is 0 Å². The molecule has 1 saturated heterocycles. The van der Waals surface area contributed by atoms with Crippen molar-refractivity contribution in [3.8, 4) is 0 Å². The quantitative estimate of drug-likeness (QED) is 0.860. The molecule has 2 aromatic heterocycles. The van der Waals surface area contributed by atoms with Crippen LogP contribution in [0.2, 0.25) is 0 Å². The van der Waals surface area contributed by atoms with E-state index < -0.39 is 10.0 Å². The fourth-order valence-corrected chi connectivity index (χ4v) is 5.24. The lowest BCUT2D eigenvalue weighted by Crippen LogP contribution is -2.39. The molecule has 0 aromatic carbocycles. The number of aromatic nitrogens is 3. The Morgan fingerprint density at radius 3 is 2.95 bits per heavy atom. The lowest BCUT2D eigenvalue weighted by atomic mass is 9.99. The van der Waals surface area contributed by atoms with Crippen molar-refractivity contribution in [1.82, 2.24) is 19.1 Å². The van der Waals surface area contributed by atoms with Crippen LogP contribution >= 0.6 is 11.3 Å². The Labute approximate surface area is 122 Å². The minimum Gasteiger partial charge on any atom is -0.320 e. The summed E-state index contributed by atoms with van der Waals surface area (Å²) in [6, 6.07) is 3.42. The average molecular weight is 312 g/mol. The van der Waals surface area contributed by atoms with E-state index >= 15 is 0 Å². The molecular formula is C12H16N4O2S2. The number of piperidine rings is 1. The molecule has 20 heavy (non-hydrogen) atoms. The van der Waals surface area contributed by atoms with Crippen LogP contribution in [0.1, 0.15) is 24.6 Å². The summed E-state index contributed by atoms with van der Waals surface area (Å²) in [5.41, 5.74) is 0. The lowest BCUT2D eigenvalue weighted by Gasteiger charge is -2.30. The maximum atomic E-state index is 12.5. The monoisotopic (exact) mass is 312 g/mol. The third-order valence-corrected chi connectivity index (χ3v) is 6.82. The van der Waals surface area contributed by atoms with Gasteiger partial charge in [-0.1, -0.05) is 6.07 Å². The minimum atomic E-state index is -3.36.